The summed E-state index contributed by atoms with van der Waals surface area (Å²) < 4.78 is 0. The minimum absolute atomic E-state index is 0.272. The third-order valence-electron chi connectivity index (χ3n) is 2.27. The molecule has 0 unspecified atom stereocenters. The van der Waals surface area contributed by atoms with Crippen LogP contribution in [0.4, 0.5) is 5.95 Å². The lowest BCUT2D eigenvalue weighted by atomic mass is 10.1. The topological polar surface area (TPSA) is 64.7 Å². The van der Waals surface area contributed by atoms with Gasteiger partial charge in [0.25, 0.3) is 0 Å². The predicted molar refractivity (Wildman–Crippen MR) is 70.9 cm³/mol. The Morgan fingerprint density at radius 3 is 2.82 bits per heavy atom. The number of hydrogen-bond acceptors (Lipinski definition) is 6. The van der Waals surface area contributed by atoms with E-state index in [9.17, 15) is 0 Å². The zero-order chi connectivity index (χ0) is 11.7. The van der Waals surface area contributed by atoms with Gasteiger partial charge < -0.3 is 5.73 Å². The van der Waals surface area contributed by atoms with Crippen molar-refractivity contribution in [2.45, 2.75) is 0 Å². The maximum atomic E-state index is 5.64. The highest BCUT2D eigenvalue weighted by atomic mass is 32.1. The van der Waals surface area contributed by atoms with Crippen molar-refractivity contribution in [3.05, 3.63) is 34.6 Å². The summed E-state index contributed by atoms with van der Waals surface area (Å²) in [5, 5.41) is 6.87. The van der Waals surface area contributed by atoms with E-state index >= 15 is 0 Å². The average Bonchev–Trinajstić information content (AvgIpc) is 3.02. The van der Waals surface area contributed by atoms with E-state index in [1.807, 2.05) is 16.8 Å². The van der Waals surface area contributed by atoms with Crippen molar-refractivity contribution in [3.8, 4) is 21.8 Å². The highest BCUT2D eigenvalue weighted by Crippen LogP contribution is 2.32. The molecule has 0 bridgehead atoms. The first-order valence-corrected chi connectivity index (χ1v) is 6.72. The number of nitrogen functional groups attached to an aromatic ring is 1. The van der Waals surface area contributed by atoms with Crippen LogP contribution >= 0.6 is 22.7 Å². The molecular formula is C11H8N4S2. The van der Waals surface area contributed by atoms with E-state index in [1.54, 1.807) is 35.1 Å². The average molecular weight is 260 g/mol. The molecule has 0 aliphatic heterocycles. The fourth-order valence-electron chi connectivity index (χ4n) is 1.53. The van der Waals surface area contributed by atoms with Gasteiger partial charge in [-0.2, -0.15) is 11.3 Å². The number of rotatable bonds is 2. The number of nitrogens with two attached hydrogens (primary N) is 1. The number of anilines is 1. The van der Waals surface area contributed by atoms with Crippen molar-refractivity contribution in [3.63, 3.8) is 0 Å². The summed E-state index contributed by atoms with van der Waals surface area (Å²) >= 11 is 3.18. The van der Waals surface area contributed by atoms with E-state index in [-0.39, 0.29) is 5.95 Å². The van der Waals surface area contributed by atoms with Crippen LogP contribution in [0, 0.1) is 0 Å². The van der Waals surface area contributed by atoms with Crippen LogP contribution < -0.4 is 5.73 Å². The molecule has 6 heteroatoms. The highest BCUT2D eigenvalue weighted by Gasteiger charge is 2.12. The molecule has 3 aromatic rings. The molecule has 0 amide bonds. The largest absolute Gasteiger partial charge is 0.368 e. The Morgan fingerprint density at radius 2 is 2.12 bits per heavy atom. The first-order chi connectivity index (χ1) is 8.34. The molecular weight excluding hydrogens is 252 g/mol. The molecule has 0 aliphatic carbocycles. The second-order valence-corrected chi connectivity index (χ2v) is 5.01. The maximum Gasteiger partial charge on any atom is 0.220 e. The molecule has 3 aromatic heterocycles. The molecule has 0 aliphatic rings. The number of nitrogens with zero attached hydrogens (tertiary/aromatic N) is 3. The summed E-state index contributed by atoms with van der Waals surface area (Å²) in [5.41, 5.74) is 8.51. The summed E-state index contributed by atoms with van der Waals surface area (Å²) in [5.74, 6) is 0.272. The molecule has 3 heterocycles. The standard InChI is InChI=1S/C11H8N4S2/c12-11-14-5-8(7-1-3-16-6-7)9(15-11)10-13-2-4-17-10/h1-6H,(H2,12,14,15). The van der Waals surface area contributed by atoms with Crippen LogP contribution in [0.5, 0.6) is 0 Å². The zero-order valence-electron chi connectivity index (χ0n) is 8.70. The third-order valence-corrected chi connectivity index (χ3v) is 3.74. The molecule has 0 aromatic carbocycles. The van der Waals surface area contributed by atoms with Gasteiger partial charge in [0.05, 0.1) is 0 Å². The van der Waals surface area contributed by atoms with Crippen molar-refractivity contribution in [1.29, 1.82) is 0 Å². The molecule has 3 rings (SSSR count). The Hall–Kier alpha value is -1.79. The Morgan fingerprint density at radius 1 is 1.18 bits per heavy atom. The van der Waals surface area contributed by atoms with Gasteiger partial charge in [0, 0.05) is 23.3 Å². The SMILES string of the molecule is Nc1ncc(-c2ccsc2)c(-c2nccs2)n1. The van der Waals surface area contributed by atoms with Gasteiger partial charge in [0.15, 0.2) is 0 Å². The van der Waals surface area contributed by atoms with Crippen molar-refractivity contribution in [2.24, 2.45) is 0 Å². The van der Waals surface area contributed by atoms with Crippen LogP contribution in [0.2, 0.25) is 0 Å². The molecule has 84 valence electrons. The van der Waals surface area contributed by atoms with Crippen LogP contribution in [-0.2, 0) is 0 Å². The molecule has 2 N–H and O–H groups in total. The van der Waals surface area contributed by atoms with Crippen molar-refractivity contribution < 1.29 is 0 Å². The number of thiophene rings is 1. The van der Waals surface area contributed by atoms with Gasteiger partial charge in [0.2, 0.25) is 5.95 Å². The zero-order valence-corrected chi connectivity index (χ0v) is 10.3. The Labute approximate surface area is 106 Å². The Balaban J connectivity index is 2.22. The first kappa shape index (κ1) is 10.4. The molecule has 0 atom stereocenters. The van der Waals surface area contributed by atoms with Crippen LogP contribution in [-0.4, -0.2) is 15.0 Å². The summed E-state index contributed by atoms with van der Waals surface area (Å²) in [7, 11) is 0. The lowest BCUT2D eigenvalue weighted by Crippen LogP contribution is -1.97. The fourth-order valence-corrected chi connectivity index (χ4v) is 2.82. The van der Waals surface area contributed by atoms with Crippen LogP contribution in [0.1, 0.15) is 0 Å². The van der Waals surface area contributed by atoms with E-state index in [2.05, 4.69) is 20.3 Å². The summed E-state index contributed by atoms with van der Waals surface area (Å²) in [6, 6.07) is 2.04. The van der Waals surface area contributed by atoms with Crippen LogP contribution in [0.3, 0.4) is 0 Å². The molecule has 0 spiro atoms. The lowest BCUT2D eigenvalue weighted by molar-refractivity contribution is 1.18. The quantitative estimate of drug-likeness (QED) is 0.769. The molecule has 0 saturated carbocycles. The smallest absolute Gasteiger partial charge is 0.220 e. The van der Waals surface area contributed by atoms with Gasteiger partial charge in [0.1, 0.15) is 10.7 Å². The first-order valence-electron chi connectivity index (χ1n) is 4.89. The minimum atomic E-state index is 0.272. The van der Waals surface area contributed by atoms with Crippen molar-refractivity contribution >= 4 is 28.6 Å². The molecule has 4 nitrogen and oxygen atoms in total. The van der Waals surface area contributed by atoms with Crippen molar-refractivity contribution in [2.75, 3.05) is 5.73 Å². The second-order valence-electron chi connectivity index (χ2n) is 3.34. The molecule has 17 heavy (non-hydrogen) atoms. The van der Waals surface area contributed by atoms with Crippen LogP contribution in [0.25, 0.3) is 21.8 Å². The molecule has 0 saturated heterocycles. The van der Waals surface area contributed by atoms with E-state index in [1.165, 1.54) is 0 Å². The van der Waals surface area contributed by atoms with Gasteiger partial charge in [-0.3, -0.25) is 0 Å². The van der Waals surface area contributed by atoms with Crippen molar-refractivity contribution in [1.82, 2.24) is 15.0 Å². The van der Waals surface area contributed by atoms with E-state index in [0.29, 0.717) is 0 Å². The van der Waals surface area contributed by atoms with Gasteiger partial charge in [-0.05, 0) is 22.4 Å². The highest BCUT2D eigenvalue weighted by molar-refractivity contribution is 7.13. The number of thiazole rings is 1. The Kier molecular flexibility index (Phi) is 2.58. The maximum absolute atomic E-state index is 5.64. The van der Waals surface area contributed by atoms with Gasteiger partial charge >= 0.3 is 0 Å². The molecule has 0 radical (unpaired) electrons. The summed E-state index contributed by atoms with van der Waals surface area (Å²) in [4.78, 5) is 12.6. The van der Waals surface area contributed by atoms with Crippen LogP contribution in [0.15, 0.2) is 34.6 Å². The molecule has 0 fully saturated rings. The monoisotopic (exact) mass is 260 g/mol. The third kappa shape index (κ3) is 1.92. The van der Waals surface area contributed by atoms with E-state index in [4.69, 9.17) is 5.73 Å². The normalized spacial score (nSPS) is 10.6. The predicted octanol–water partition coefficient (Wildman–Crippen LogP) is 2.91. The van der Waals surface area contributed by atoms with Gasteiger partial charge in [-0.1, -0.05) is 0 Å². The number of hydrogen-bond donors (Lipinski definition) is 1. The minimum Gasteiger partial charge on any atom is -0.368 e. The lowest BCUT2D eigenvalue weighted by Gasteiger charge is -2.04. The fraction of sp³-hybridized carbons (Fsp3) is 0. The second kappa shape index (κ2) is 4.23. The van der Waals surface area contributed by atoms with Gasteiger partial charge in [-0.15, -0.1) is 11.3 Å². The Bertz CT molecular complexity index is 617. The summed E-state index contributed by atoms with van der Waals surface area (Å²) in [6.07, 6.45) is 3.51. The number of aromatic nitrogens is 3. The van der Waals surface area contributed by atoms with Gasteiger partial charge in [-0.25, -0.2) is 15.0 Å². The van der Waals surface area contributed by atoms with E-state index in [0.717, 1.165) is 21.8 Å². The summed E-state index contributed by atoms with van der Waals surface area (Å²) in [6.45, 7) is 0. The van der Waals surface area contributed by atoms with E-state index < -0.39 is 0 Å².